The maximum atomic E-state index is 13.2. The van der Waals surface area contributed by atoms with Crippen molar-refractivity contribution in [2.24, 2.45) is 0 Å². The van der Waals surface area contributed by atoms with E-state index in [9.17, 15) is 4.79 Å². The van der Waals surface area contributed by atoms with Gasteiger partial charge in [0.25, 0.3) is 5.91 Å². The van der Waals surface area contributed by atoms with E-state index in [1.807, 2.05) is 36.4 Å². The van der Waals surface area contributed by atoms with Crippen molar-refractivity contribution in [2.75, 3.05) is 31.9 Å². The van der Waals surface area contributed by atoms with Crippen molar-refractivity contribution in [1.82, 2.24) is 4.90 Å². The molecule has 0 aromatic heterocycles. The summed E-state index contributed by atoms with van der Waals surface area (Å²) in [7, 11) is 5.29. The first-order chi connectivity index (χ1) is 16.4. The molecule has 0 aliphatic carbocycles. The maximum Gasteiger partial charge on any atom is 0.258 e. The number of nitrogens with one attached hydrogen (secondary N) is 2. The molecule has 3 aromatic rings. The standard InChI is InChI=1S/C28H31N3O3/c1-18(2)31(3)17-19-11-13-21(14-12-19)29-27(20-9-7-6-8-10-20)26-22-15-24(33-4)25(34-5)16-23(22)30-28(26)32/h6-16,18,29H,17H2,1-5H3,(H,30,32). The van der Waals surface area contributed by atoms with Crippen LogP contribution >= 0.6 is 0 Å². The lowest BCUT2D eigenvalue weighted by Gasteiger charge is -2.21. The Balaban J connectivity index is 1.76. The van der Waals surface area contributed by atoms with Crippen LogP contribution in [0.3, 0.4) is 0 Å². The lowest BCUT2D eigenvalue weighted by Crippen LogP contribution is -2.25. The number of ether oxygens (including phenoxy) is 2. The molecule has 1 aliphatic heterocycles. The molecule has 0 radical (unpaired) electrons. The van der Waals surface area contributed by atoms with Crippen LogP contribution in [0.2, 0.25) is 0 Å². The molecule has 176 valence electrons. The molecule has 0 saturated heterocycles. The van der Waals surface area contributed by atoms with E-state index in [0.717, 1.165) is 29.1 Å². The average molecular weight is 458 g/mol. The van der Waals surface area contributed by atoms with Gasteiger partial charge >= 0.3 is 0 Å². The van der Waals surface area contributed by atoms with Crippen LogP contribution in [0.15, 0.2) is 66.7 Å². The van der Waals surface area contributed by atoms with Crippen LogP contribution in [0.25, 0.3) is 11.3 Å². The summed E-state index contributed by atoms with van der Waals surface area (Å²) in [6, 6.07) is 22.3. The van der Waals surface area contributed by atoms with Crippen LogP contribution in [0.5, 0.6) is 11.5 Å². The van der Waals surface area contributed by atoms with E-state index >= 15 is 0 Å². The summed E-state index contributed by atoms with van der Waals surface area (Å²) >= 11 is 0. The van der Waals surface area contributed by atoms with E-state index < -0.39 is 0 Å². The van der Waals surface area contributed by atoms with E-state index in [-0.39, 0.29) is 5.91 Å². The molecule has 0 saturated carbocycles. The fourth-order valence-electron chi connectivity index (χ4n) is 3.94. The number of carbonyl (C=O) groups excluding carboxylic acids is 1. The minimum Gasteiger partial charge on any atom is -0.493 e. The second-order valence-electron chi connectivity index (χ2n) is 8.65. The summed E-state index contributed by atoms with van der Waals surface area (Å²) in [4.78, 5) is 15.5. The predicted molar refractivity (Wildman–Crippen MR) is 138 cm³/mol. The van der Waals surface area contributed by atoms with Crippen molar-refractivity contribution in [3.05, 3.63) is 83.4 Å². The monoisotopic (exact) mass is 457 g/mol. The van der Waals surface area contributed by atoms with Crippen LogP contribution in [-0.4, -0.2) is 38.1 Å². The highest BCUT2D eigenvalue weighted by molar-refractivity contribution is 6.37. The summed E-state index contributed by atoms with van der Waals surface area (Å²) in [6.07, 6.45) is 0. The maximum absolute atomic E-state index is 13.2. The molecule has 1 heterocycles. The summed E-state index contributed by atoms with van der Waals surface area (Å²) in [5, 5.41) is 6.48. The number of anilines is 2. The van der Waals surface area contributed by atoms with Gasteiger partial charge < -0.3 is 20.1 Å². The lowest BCUT2D eigenvalue weighted by atomic mass is 9.99. The Kier molecular flexibility index (Phi) is 6.89. The topological polar surface area (TPSA) is 62.8 Å². The molecule has 0 fully saturated rings. The van der Waals surface area contributed by atoms with Crippen molar-refractivity contribution in [2.45, 2.75) is 26.4 Å². The fraction of sp³-hybridized carbons (Fsp3) is 0.250. The van der Waals surface area contributed by atoms with Crippen molar-refractivity contribution in [3.63, 3.8) is 0 Å². The molecule has 34 heavy (non-hydrogen) atoms. The van der Waals surface area contributed by atoms with Crippen LogP contribution in [-0.2, 0) is 11.3 Å². The first kappa shape index (κ1) is 23.4. The van der Waals surface area contributed by atoms with Gasteiger partial charge in [0.15, 0.2) is 11.5 Å². The zero-order valence-electron chi connectivity index (χ0n) is 20.3. The molecule has 1 amide bonds. The first-order valence-electron chi connectivity index (χ1n) is 11.3. The fourth-order valence-corrected chi connectivity index (χ4v) is 3.94. The molecule has 2 N–H and O–H groups in total. The van der Waals surface area contributed by atoms with Gasteiger partial charge in [0.05, 0.1) is 31.2 Å². The molecule has 0 spiro atoms. The number of amides is 1. The van der Waals surface area contributed by atoms with E-state index in [0.29, 0.717) is 28.8 Å². The number of nitrogens with zero attached hydrogens (tertiary/aromatic N) is 1. The van der Waals surface area contributed by atoms with Crippen LogP contribution in [0.1, 0.15) is 30.5 Å². The third-order valence-electron chi connectivity index (χ3n) is 6.12. The smallest absolute Gasteiger partial charge is 0.258 e. The molecular formula is C28H31N3O3. The summed E-state index contributed by atoms with van der Waals surface area (Å²) < 4.78 is 10.9. The van der Waals surface area contributed by atoms with Gasteiger partial charge in [0.2, 0.25) is 0 Å². The third kappa shape index (κ3) is 4.77. The SMILES string of the molecule is COc1cc2c(cc1OC)C(=C(Nc1ccc(CN(C)C(C)C)cc1)c1ccccc1)C(=O)N2. The summed E-state index contributed by atoms with van der Waals surface area (Å²) in [5.74, 6) is 0.965. The zero-order chi connectivity index (χ0) is 24.2. The number of benzene rings is 3. The molecule has 1 aliphatic rings. The molecule has 4 rings (SSSR count). The Morgan fingerprint density at radius 3 is 2.24 bits per heavy atom. The van der Waals surface area contributed by atoms with Gasteiger partial charge in [0.1, 0.15) is 0 Å². The van der Waals surface area contributed by atoms with Gasteiger partial charge in [-0.25, -0.2) is 0 Å². The second kappa shape index (κ2) is 10.0. The highest BCUT2D eigenvalue weighted by Gasteiger charge is 2.30. The number of hydrogen-bond donors (Lipinski definition) is 2. The number of carbonyl (C=O) groups is 1. The van der Waals surface area contributed by atoms with Crippen molar-refractivity contribution >= 4 is 28.6 Å². The number of rotatable bonds is 8. The van der Waals surface area contributed by atoms with Gasteiger partial charge in [-0.2, -0.15) is 0 Å². The van der Waals surface area contributed by atoms with Crippen molar-refractivity contribution < 1.29 is 14.3 Å². The van der Waals surface area contributed by atoms with Gasteiger partial charge in [0, 0.05) is 29.9 Å². The molecular weight excluding hydrogens is 426 g/mol. The highest BCUT2D eigenvalue weighted by atomic mass is 16.5. The zero-order valence-corrected chi connectivity index (χ0v) is 20.3. The molecule has 6 heteroatoms. The Hall–Kier alpha value is -3.77. The minimum absolute atomic E-state index is 0.174. The lowest BCUT2D eigenvalue weighted by molar-refractivity contribution is -0.110. The largest absolute Gasteiger partial charge is 0.493 e. The molecule has 0 atom stereocenters. The highest BCUT2D eigenvalue weighted by Crippen LogP contribution is 2.43. The first-order valence-corrected chi connectivity index (χ1v) is 11.3. The quantitative estimate of drug-likeness (QED) is 0.439. The van der Waals surface area contributed by atoms with Gasteiger partial charge in [-0.15, -0.1) is 0 Å². The van der Waals surface area contributed by atoms with Crippen molar-refractivity contribution in [1.29, 1.82) is 0 Å². The third-order valence-corrected chi connectivity index (χ3v) is 6.12. The Labute approximate surface area is 201 Å². The minimum atomic E-state index is -0.174. The van der Waals surface area contributed by atoms with E-state index in [1.54, 1.807) is 20.3 Å². The Bertz CT molecular complexity index is 1200. The van der Waals surface area contributed by atoms with E-state index in [1.165, 1.54) is 5.56 Å². The Morgan fingerprint density at radius 2 is 1.62 bits per heavy atom. The average Bonchev–Trinajstić information content (AvgIpc) is 3.17. The van der Waals surface area contributed by atoms with Gasteiger partial charge in [-0.3, -0.25) is 9.69 Å². The van der Waals surface area contributed by atoms with Crippen LogP contribution < -0.4 is 20.1 Å². The number of methoxy groups -OCH3 is 2. The molecule has 0 unspecified atom stereocenters. The van der Waals surface area contributed by atoms with Gasteiger partial charge in [-0.1, -0.05) is 42.5 Å². The molecule has 3 aromatic carbocycles. The Morgan fingerprint density at radius 1 is 0.971 bits per heavy atom. The second-order valence-corrected chi connectivity index (χ2v) is 8.65. The number of fused-ring (bicyclic) bond motifs is 1. The summed E-state index contributed by atoms with van der Waals surface area (Å²) in [5.41, 5.74) is 5.81. The normalized spacial score (nSPS) is 14.1. The van der Waals surface area contributed by atoms with E-state index in [4.69, 9.17) is 9.47 Å². The predicted octanol–water partition coefficient (Wildman–Crippen LogP) is 5.48. The van der Waals surface area contributed by atoms with Gasteiger partial charge in [-0.05, 0) is 50.2 Å². The van der Waals surface area contributed by atoms with E-state index in [2.05, 4.69) is 60.7 Å². The molecule has 6 nitrogen and oxygen atoms in total. The van der Waals surface area contributed by atoms with Crippen molar-refractivity contribution in [3.8, 4) is 11.5 Å². The number of hydrogen-bond acceptors (Lipinski definition) is 5. The summed E-state index contributed by atoms with van der Waals surface area (Å²) in [6.45, 7) is 5.24. The van der Waals surface area contributed by atoms with Crippen LogP contribution in [0, 0.1) is 0 Å². The molecule has 0 bridgehead atoms. The van der Waals surface area contributed by atoms with Crippen LogP contribution in [0.4, 0.5) is 11.4 Å².